The Morgan fingerprint density at radius 3 is 2.67 bits per heavy atom. The zero-order valence-electron chi connectivity index (χ0n) is 16.6. The molecule has 0 unspecified atom stereocenters. The second kappa shape index (κ2) is 8.65. The van der Waals surface area contributed by atoms with Crippen molar-refractivity contribution in [3.05, 3.63) is 72.6 Å². The predicted molar refractivity (Wildman–Crippen MR) is 110 cm³/mol. The molecule has 0 aliphatic carbocycles. The summed E-state index contributed by atoms with van der Waals surface area (Å²) in [5.41, 5.74) is 2.66. The van der Waals surface area contributed by atoms with E-state index in [1.807, 2.05) is 58.5 Å². The first-order chi connectivity index (χ1) is 13.9. The maximum absolute atomic E-state index is 10.0. The summed E-state index contributed by atoms with van der Waals surface area (Å²) in [7, 11) is 0. The first-order valence-electron chi connectivity index (χ1n) is 9.03. The summed E-state index contributed by atoms with van der Waals surface area (Å²) in [6.07, 6.45) is 6.86. The third-order valence-electron chi connectivity index (χ3n) is 4.26. The van der Waals surface area contributed by atoms with E-state index in [9.17, 15) is 4.79 Å². The van der Waals surface area contributed by atoms with E-state index >= 15 is 0 Å². The number of aryl methyl sites for hydroxylation is 1. The number of benzene rings is 1. The number of aliphatic hydroxyl groups is 1. The fourth-order valence-electron chi connectivity index (χ4n) is 3.16. The first-order valence-corrected chi connectivity index (χ1v) is 9.03. The molecule has 5 aromatic rings. The third-order valence-corrected chi connectivity index (χ3v) is 4.26. The van der Waals surface area contributed by atoms with E-state index in [-0.39, 0.29) is 31.6 Å². The number of fused-ring (bicyclic) bond motifs is 6. The molecule has 30 heavy (non-hydrogen) atoms. The topological polar surface area (TPSA) is 85.0 Å². The average Bonchev–Trinajstić information content (AvgIpc) is 3.39. The Morgan fingerprint density at radius 1 is 1.23 bits per heavy atom. The summed E-state index contributed by atoms with van der Waals surface area (Å²) in [4.78, 5) is 19.2. The maximum atomic E-state index is 10.0. The van der Waals surface area contributed by atoms with Crippen molar-refractivity contribution in [1.29, 1.82) is 0 Å². The van der Waals surface area contributed by atoms with Gasteiger partial charge in [0.25, 0.3) is 0 Å². The van der Waals surface area contributed by atoms with Crippen molar-refractivity contribution < 1.29 is 34.4 Å². The summed E-state index contributed by atoms with van der Waals surface area (Å²) in [5.74, 6) is 2.39. The van der Waals surface area contributed by atoms with Gasteiger partial charge in [-0.3, -0.25) is 9.78 Å². The number of nitrogens with zero attached hydrogens (tertiary/aromatic N) is 4. The van der Waals surface area contributed by atoms with Crippen molar-refractivity contribution in [1.82, 2.24) is 18.8 Å². The number of allylic oxidation sites excluding steroid dienone is 2. The minimum Gasteiger partial charge on any atom is -0.512 e. The second-order valence-corrected chi connectivity index (χ2v) is 6.65. The molecule has 0 atom stereocenters. The molecule has 0 saturated carbocycles. The van der Waals surface area contributed by atoms with Crippen LogP contribution in [0.25, 0.3) is 33.8 Å². The van der Waals surface area contributed by atoms with Crippen LogP contribution in [-0.4, -0.2) is 29.7 Å². The number of hydrogen-bond donors (Lipinski definition) is 1. The Kier molecular flexibility index (Phi) is 6.20. The van der Waals surface area contributed by atoms with E-state index in [1.165, 1.54) is 19.9 Å². The van der Waals surface area contributed by atoms with Crippen LogP contribution in [0.4, 0.5) is 0 Å². The van der Waals surface area contributed by atoms with Crippen molar-refractivity contribution in [2.24, 2.45) is 0 Å². The number of hydrogen-bond acceptors (Lipinski definition) is 5. The Balaban J connectivity index is 0.000000281. The predicted octanol–water partition coefficient (Wildman–Crippen LogP) is 4.54. The smallest absolute Gasteiger partial charge is 0.202 e. The number of furan rings is 1. The molecule has 4 aromatic heterocycles. The van der Waals surface area contributed by atoms with Gasteiger partial charge in [0.1, 0.15) is 11.5 Å². The molecule has 1 aromatic carbocycles. The Hall–Kier alpha value is -3.22. The molecule has 1 N–H and O–H groups in total. The molecular formula is C22H19IrN4O3-. The quantitative estimate of drug-likeness (QED) is 0.189. The fraction of sp³-hybridized carbons (Fsp3) is 0.136. The minimum atomic E-state index is -0.125. The summed E-state index contributed by atoms with van der Waals surface area (Å²) >= 11 is 0. The van der Waals surface area contributed by atoms with Crippen LogP contribution in [0.1, 0.15) is 19.6 Å². The number of carbonyl (C=O) groups excluding carboxylic acids is 1. The van der Waals surface area contributed by atoms with Crippen LogP contribution in [0.5, 0.6) is 0 Å². The molecule has 0 aliphatic heterocycles. The van der Waals surface area contributed by atoms with E-state index in [0.717, 1.165) is 39.5 Å². The van der Waals surface area contributed by atoms with Gasteiger partial charge in [0.2, 0.25) is 5.78 Å². The zero-order valence-corrected chi connectivity index (χ0v) is 19.0. The van der Waals surface area contributed by atoms with Crippen molar-refractivity contribution >= 4 is 28.1 Å². The molecule has 1 radical (unpaired) electrons. The number of rotatable bonds is 2. The maximum Gasteiger partial charge on any atom is 0.202 e. The van der Waals surface area contributed by atoms with Crippen molar-refractivity contribution in [2.45, 2.75) is 20.8 Å². The van der Waals surface area contributed by atoms with Gasteiger partial charge in [0, 0.05) is 44.8 Å². The van der Waals surface area contributed by atoms with E-state index in [4.69, 9.17) is 14.5 Å². The van der Waals surface area contributed by atoms with Crippen LogP contribution in [0, 0.1) is 13.0 Å². The molecule has 7 nitrogen and oxygen atoms in total. The molecule has 5 rings (SSSR count). The largest absolute Gasteiger partial charge is 0.512 e. The monoisotopic (exact) mass is 580 g/mol. The van der Waals surface area contributed by atoms with Gasteiger partial charge >= 0.3 is 0 Å². The van der Waals surface area contributed by atoms with Gasteiger partial charge in [-0.2, -0.15) is 0 Å². The number of aromatic nitrogens is 4. The molecule has 0 aliphatic rings. The summed E-state index contributed by atoms with van der Waals surface area (Å²) < 4.78 is 9.71. The number of carbonyl (C=O) groups is 1. The van der Waals surface area contributed by atoms with E-state index in [2.05, 4.69) is 11.1 Å². The Labute approximate surface area is 186 Å². The van der Waals surface area contributed by atoms with Crippen molar-refractivity contribution in [3.63, 3.8) is 0 Å². The van der Waals surface area contributed by atoms with Crippen molar-refractivity contribution in [3.8, 4) is 11.5 Å². The Bertz CT molecular complexity index is 1370. The van der Waals surface area contributed by atoms with Crippen molar-refractivity contribution in [2.75, 3.05) is 0 Å². The van der Waals surface area contributed by atoms with Crippen LogP contribution in [0.3, 0.4) is 0 Å². The number of aliphatic hydroxyl groups excluding tert-OH is 1. The summed E-state index contributed by atoms with van der Waals surface area (Å²) in [6, 6.07) is 13.1. The zero-order chi connectivity index (χ0) is 20.5. The molecule has 8 heteroatoms. The SMILES string of the molecule is CC(=O)/C=C(/C)O.Cc1ccc(-c2cn3c(n2)c2[c-]cccc2n2ccnc23)o1.[Ir]. The molecule has 0 bridgehead atoms. The number of ketones is 1. The molecule has 0 amide bonds. The summed E-state index contributed by atoms with van der Waals surface area (Å²) in [6.45, 7) is 4.77. The minimum absolute atomic E-state index is 0. The van der Waals surface area contributed by atoms with E-state index < -0.39 is 0 Å². The van der Waals surface area contributed by atoms with Crippen LogP contribution in [-0.2, 0) is 24.9 Å². The van der Waals surface area contributed by atoms with Gasteiger partial charge in [-0.25, -0.2) is 4.98 Å². The normalized spacial score (nSPS) is 11.4. The third kappa shape index (κ3) is 4.06. The molecule has 0 saturated heterocycles. The average molecular weight is 580 g/mol. The molecule has 4 heterocycles. The van der Waals surface area contributed by atoms with E-state index in [0.29, 0.717) is 0 Å². The second-order valence-electron chi connectivity index (χ2n) is 6.65. The molecule has 155 valence electrons. The standard InChI is InChI=1S/C17H11N4O.C5H8O2.Ir/c1-11-6-7-15(22-11)13-10-21-16(19-13)12-4-2-3-5-14(12)20-9-8-18-17(20)21;1-4(6)3-5(2)7;/h2-3,5-10H,1H3;3,6H,1-2H3;/q-1;;/b;4-3-;. The van der Waals surface area contributed by atoms with Crippen LogP contribution < -0.4 is 0 Å². The Morgan fingerprint density at radius 2 is 2.03 bits per heavy atom. The van der Waals surface area contributed by atoms with Gasteiger partial charge in [0.15, 0.2) is 11.5 Å². The molecule has 0 fully saturated rings. The van der Waals surface area contributed by atoms with Gasteiger partial charge in [-0.15, -0.1) is 24.3 Å². The van der Waals surface area contributed by atoms with Crippen LogP contribution >= 0.6 is 0 Å². The summed E-state index contributed by atoms with van der Waals surface area (Å²) in [5, 5.41) is 9.32. The van der Waals surface area contributed by atoms with Gasteiger partial charge in [-0.05, 0) is 38.4 Å². The van der Waals surface area contributed by atoms with Gasteiger partial charge in [0.05, 0.1) is 11.4 Å². The van der Waals surface area contributed by atoms with Crippen LogP contribution in [0.15, 0.2) is 65.2 Å². The first kappa shape index (κ1) is 21.5. The molecule has 0 spiro atoms. The fourth-order valence-corrected chi connectivity index (χ4v) is 3.16. The molecular weight excluding hydrogens is 560 g/mol. The van der Waals surface area contributed by atoms with E-state index in [1.54, 1.807) is 6.20 Å². The number of imidazole rings is 2. The van der Waals surface area contributed by atoms with Gasteiger partial charge < -0.3 is 18.3 Å². The van der Waals surface area contributed by atoms with Gasteiger partial charge in [-0.1, -0.05) is 5.39 Å². The van der Waals surface area contributed by atoms with Crippen LogP contribution in [0.2, 0.25) is 0 Å².